The molecule has 1 N–H and O–H groups in total. The zero-order valence-corrected chi connectivity index (χ0v) is 15.0. The molecule has 24 heavy (non-hydrogen) atoms. The molecule has 1 aromatic carbocycles. The molecule has 1 amide bonds. The maximum atomic E-state index is 12.3. The second-order valence-corrected chi connectivity index (χ2v) is 7.89. The Kier molecular flexibility index (Phi) is 4.26. The zero-order valence-electron chi connectivity index (χ0n) is 13.5. The van der Waals surface area contributed by atoms with Gasteiger partial charge in [-0.3, -0.25) is 4.79 Å². The van der Waals surface area contributed by atoms with Crippen LogP contribution < -0.4 is 5.32 Å². The average molecular weight is 363 g/mol. The minimum Gasteiger partial charge on any atom is -0.325 e. The van der Waals surface area contributed by atoms with Crippen molar-refractivity contribution >= 4 is 35.0 Å². The number of halogens is 1. The SMILES string of the molecule is Cc1ccc(Cl)cc1NC(=O)CSc1nnc(C2CC2)n1C1CC1. The van der Waals surface area contributed by atoms with E-state index in [1.54, 1.807) is 6.07 Å². The Morgan fingerprint density at radius 3 is 2.83 bits per heavy atom. The standard InChI is InChI=1S/C17H19ClN4OS/c1-10-2-5-12(18)8-14(10)19-15(23)9-24-17-21-20-16(11-3-4-11)22(17)13-6-7-13/h2,5,8,11,13H,3-4,6-7,9H2,1H3,(H,19,23). The Balaban J connectivity index is 1.41. The third-order valence-electron chi connectivity index (χ3n) is 4.35. The van der Waals surface area contributed by atoms with Crippen LogP contribution in [-0.4, -0.2) is 26.4 Å². The highest BCUT2D eigenvalue weighted by atomic mass is 35.5. The van der Waals surface area contributed by atoms with E-state index >= 15 is 0 Å². The van der Waals surface area contributed by atoms with Crippen molar-refractivity contribution in [2.75, 3.05) is 11.1 Å². The predicted octanol–water partition coefficient (Wildman–Crippen LogP) is 4.18. The Hall–Kier alpha value is -1.53. The number of nitrogens with zero attached hydrogens (tertiary/aromatic N) is 3. The van der Waals surface area contributed by atoms with Gasteiger partial charge in [0.1, 0.15) is 5.82 Å². The second-order valence-electron chi connectivity index (χ2n) is 6.51. The molecular weight excluding hydrogens is 344 g/mol. The number of rotatable bonds is 6. The smallest absolute Gasteiger partial charge is 0.234 e. The van der Waals surface area contributed by atoms with Gasteiger partial charge in [0.15, 0.2) is 5.16 Å². The molecule has 2 aromatic rings. The fourth-order valence-corrected chi connectivity index (χ4v) is 3.71. The van der Waals surface area contributed by atoms with E-state index in [1.807, 2.05) is 19.1 Å². The van der Waals surface area contributed by atoms with E-state index in [-0.39, 0.29) is 5.91 Å². The predicted molar refractivity (Wildman–Crippen MR) is 95.8 cm³/mol. The summed E-state index contributed by atoms with van der Waals surface area (Å²) >= 11 is 7.46. The molecule has 4 rings (SSSR count). The van der Waals surface area contributed by atoms with Crippen LogP contribution in [0.2, 0.25) is 5.02 Å². The van der Waals surface area contributed by atoms with Crippen LogP contribution in [0, 0.1) is 6.92 Å². The summed E-state index contributed by atoms with van der Waals surface area (Å²) in [6.45, 7) is 1.95. The first-order valence-corrected chi connectivity index (χ1v) is 9.62. The van der Waals surface area contributed by atoms with E-state index in [9.17, 15) is 4.79 Å². The van der Waals surface area contributed by atoms with Gasteiger partial charge in [-0.15, -0.1) is 10.2 Å². The monoisotopic (exact) mass is 362 g/mol. The van der Waals surface area contributed by atoms with Crippen molar-refractivity contribution in [2.45, 2.75) is 49.7 Å². The van der Waals surface area contributed by atoms with Gasteiger partial charge in [-0.25, -0.2) is 0 Å². The van der Waals surface area contributed by atoms with Crippen molar-refractivity contribution in [3.05, 3.63) is 34.6 Å². The average Bonchev–Trinajstić information content (AvgIpc) is 3.47. The van der Waals surface area contributed by atoms with E-state index in [4.69, 9.17) is 11.6 Å². The molecule has 5 nitrogen and oxygen atoms in total. The van der Waals surface area contributed by atoms with Crippen LogP contribution in [0.4, 0.5) is 5.69 Å². The van der Waals surface area contributed by atoms with Gasteiger partial charge >= 0.3 is 0 Å². The molecule has 0 bridgehead atoms. The lowest BCUT2D eigenvalue weighted by atomic mass is 10.2. The van der Waals surface area contributed by atoms with Crippen LogP contribution in [-0.2, 0) is 4.79 Å². The number of benzene rings is 1. The normalized spacial score (nSPS) is 17.1. The number of carbonyl (C=O) groups is 1. The molecule has 2 fully saturated rings. The summed E-state index contributed by atoms with van der Waals surface area (Å²) in [4.78, 5) is 12.3. The highest BCUT2D eigenvalue weighted by Crippen LogP contribution is 2.45. The van der Waals surface area contributed by atoms with E-state index in [1.165, 1.54) is 37.4 Å². The van der Waals surface area contributed by atoms with Gasteiger partial charge in [-0.2, -0.15) is 0 Å². The Bertz CT molecular complexity index is 783. The summed E-state index contributed by atoms with van der Waals surface area (Å²) in [6, 6.07) is 6.03. The van der Waals surface area contributed by atoms with Crippen molar-refractivity contribution < 1.29 is 4.79 Å². The lowest BCUT2D eigenvalue weighted by Crippen LogP contribution is -2.15. The molecule has 1 heterocycles. The lowest BCUT2D eigenvalue weighted by molar-refractivity contribution is -0.113. The number of carbonyl (C=O) groups excluding carboxylic acids is 1. The Morgan fingerprint density at radius 1 is 1.33 bits per heavy atom. The van der Waals surface area contributed by atoms with E-state index in [0.717, 1.165) is 22.2 Å². The summed E-state index contributed by atoms with van der Waals surface area (Å²) < 4.78 is 2.26. The van der Waals surface area contributed by atoms with Crippen LogP contribution in [0.25, 0.3) is 0 Å². The maximum absolute atomic E-state index is 12.3. The number of anilines is 1. The first-order chi connectivity index (χ1) is 11.6. The molecule has 1 aromatic heterocycles. The fraction of sp³-hybridized carbons (Fsp3) is 0.471. The first-order valence-electron chi connectivity index (χ1n) is 8.25. The molecule has 0 radical (unpaired) electrons. The minimum atomic E-state index is -0.0521. The van der Waals surface area contributed by atoms with Crippen molar-refractivity contribution in [2.24, 2.45) is 0 Å². The molecule has 2 aliphatic rings. The van der Waals surface area contributed by atoms with Gasteiger partial charge in [0.05, 0.1) is 5.75 Å². The number of amides is 1. The van der Waals surface area contributed by atoms with Crippen LogP contribution in [0.5, 0.6) is 0 Å². The highest BCUT2D eigenvalue weighted by Gasteiger charge is 2.36. The van der Waals surface area contributed by atoms with E-state index in [2.05, 4.69) is 20.1 Å². The first kappa shape index (κ1) is 16.0. The summed E-state index contributed by atoms with van der Waals surface area (Å²) in [5, 5.41) is 13.1. The molecule has 0 spiro atoms. The topological polar surface area (TPSA) is 59.8 Å². The van der Waals surface area contributed by atoms with Gasteiger partial charge < -0.3 is 9.88 Å². The Morgan fingerprint density at radius 2 is 2.12 bits per heavy atom. The third kappa shape index (κ3) is 3.44. The molecule has 7 heteroatoms. The van der Waals surface area contributed by atoms with Crippen molar-refractivity contribution in [1.82, 2.24) is 14.8 Å². The number of hydrogen-bond donors (Lipinski definition) is 1. The van der Waals surface area contributed by atoms with E-state index in [0.29, 0.717) is 22.7 Å². The largest absolute Gasteiger partial charge is 0.325 e. The third-order valence-corrected chi connectivity index (χ3v) is 5.53. The molecule has 0 aliphatic heterocycles. The van der Waals surface area contributed by atoms with E-state index < -0.39 is 0 Å². The molecule has 126 valence electrons. The number of thioether (sulfide) groups is 1. The summed E-state index contributed by atoms with van der Waals surface area (Å²) in [5.74, 6) is 1.96. The summed E-state index contributed by atoms with van der Waals surface area (Å²) in [5.41, 5.74) is 1.75. The second kappa shape index (κ2) is 6.41. The number of aromatic nitrogens is 3. The highest BCUT2D eigenvalue weighted by molar-refractivity contribution is 7.99. The van der Waals surface area contributed by atoms with Crippen LogP contribution in [0.15, 0.2) is 23.4 Å². The summed E-state index contributed by atoms with van der Waals surface area (Å²) in [6.07, 6.45) is 4.81. The van der Waals surface area contributed by atoms with Crippen LogP contribution in [0.3, 0.4) is 0 Å². The summed E-state index contributed by atoms with van der Waals surface area (Å²) in [7, 11) is 0. The molecule has 0 saturated heterocycles. The van der Waals surface area contributed by atoms with Gasteiger partial charge in [0.2, 0.25) is 5.91 Å². The van der Waals surface area contributed by atoms with Crippen LogP contribution >= 0.6 is 23.4 Å². The molecule has 2 aliphatic carbocycles. The molecule has 2 saturated carbocycles. The van der Waals surface area contributed by atoms with Crippen LogP contribution in [0.1, 0.15) is 49.0 Å². The van der Waals surface area contributed by atoms with Crippen molar-refractivity contribution in [3.63, 3.8) is 0 Å². The van der Waals surface area contributed by atoms with Crippen molar-refractivity contribution in [1.29, 1.82) is 0 Å². The van der Waals surface area contributed by atoms with Crippen molar-refractivity contribution in [3.8, 4) is 0 Å². The van der Waals surface area contributed by atoms with Gasteiger partial charge in [-0.05, 0) is 50.3 Å². The minimum absolute atomic E-state index is 0.0521. The van der Waals surface area contributed by atoms with Gasteiger partial charge in [0, 0.05) is 22.7 Å². The zero-order chi connectivity index (χ0) is 16.7. The number of aryl methyl sites for hydroxylation is 1. The van der Waals surface area contributed by atoms with Gasteiger partial charge in [-0.1, -0.05) is 29.4 Å². The quantitative estimate of drug-likeness (QED) is 0.783. The lowest BCUT2D eigenvalue weighted by Gasteiger charge is -2.10. The molecule has 0 unspecified atom stereocenters. The molecular formula is C17H19ClN4OS. The number of nitrogens with one attached hydrogen (secondary N) is 1. The molecule has 0 atom stereocenters. The maximum Gasteiger partial charge on any atom is 0.234 e. The Labute approximate surface area is 150 Å². The van der Waals surface area contributed by atoms with Gasteiger partial charge in [0.25, 0.3) is 0 Å². The fourth-order valence-electron chi connectivity index (χ4n) is 2.73. The number of hydrogen-bond acceptors (Lipinski definition) is 4.